The summed E-state index contributed by atoms with van der Waals surface area (Å²) in [5.74, 6) is -0.0889. The van der Waals surface area contributed by atoms with E-state index < -0.39 is 0 Å². The van der Waals surface area contributed by atoms with Gasteiger partial charge in [0, 0.05) is 17.8 Å². The van der Waals surface area contributed by atoms with Crippen LogP contribution < -0.4 is 5.32 Å². The number of para-hydroxylation sites is 1. The summed E-state index contributed by atoms with van der Waals surface area (Å²) in [7, 11) is 0. The highest BCUT2D eigenvalue weighted by molar-refractivity contribution is 6.42. The Morgan fingerprint density at radius 3 is 2.25 bits per heavy atom. The second kappa shape index (κ2) is 11.4. The summed E-state index contributed by atoms with van der Waals surface area (Å²) in [4.78, 5) is 27.7. The van der Waals surface area contributed by atoms with E-state index in [1.54, 1.807) is 22.9 Å². The van der Waals surface area contributed by atoms with E-state index in [-0.39, 0.29) is 30.8 Å². The van der Waals surface area contributed by atoms with E-state index in [4.69, 9.17) is 23.2 Å². The SMILES string of the molecule is CC(C)N(CC(=O)Nc1nn(-c2ccccc2)cc1-c1ccccc1)C(=O)Cc1ccc(Cl)c(Cl)c1. The van der Waals surface area contributed by atoms with Crippen LogP contribution in [-0.2, 0) is 16.0 Å². The lowest BCUT2D eigenvalue weighted by molar-refractivity contribution is -0.135. The third-order valence-electron chi connectivity index (χ3n) is 5.67. The number of hydrogen-bond acceptors (Lipinski definition) is 3. The van der Waals surface area contributed by atoms with Gasteiger partial charge in [-0.3, -0.25) is 9.59 Å². The van der Waals surface area contributed by atoms with Gasteiger partial charge in [-0.05, 0) is 49.2 Å². The topological polar surface area (TPSA) is 67.2 Å². The molecule has 4 rings (SSSR count). The van der Waals surface area contributed by atoms with E-state index in [0.29, 0.717) is 15.9 Å². The fourth-order valence-corrected chi connectivity index (χ4v) is 4.14. The smallest absolute Gasteiger partial charge is 0.245 e. The summed E-state index contributed by atoms with van der Waals surface area (Å²) in [6.07, 6.45) is 2.00. The molecule has 0 saturated carbocycles. The van der Waals surface area contributed by atoms with Crippen molar-refractivity contribution < 1.29 is 9.59 Å². The van der Waals surface area contributed by atoms with Crippen molar-refractivity contribution in [3.8, 4) is 16.8 Å². The Morgan fingerprint density at radius 2 is 1.61 bits per heavy atom. The molecule has 0 fully saturated rings. The predicted octanol–water partition coefficient (Wildman–Crippen LogP) is 6.26. The van der Waals surface area contributed by atoms with Gasteiger partial charge in [0.2, 0.25) is 11.8 Å². The maximum Gasteiger partial charge on any atom is 0.245 e. The van der Waals surface area contributed by atoms with Gasteiger partial charge >= 0.3 is 0 Å². The molecule has 0 radical (unpaired) electrons. The van der Waals surface area contributed by atoms with E-state index >= 15 is 0 Å². The minimum Gasteiger partial charge on any atom is -0.331 e. The molecule has 0 aliphatic rings. The Morgan fingerprint density at radius 1 is 0.944 bits per heavy atom. The lowest BCUT2D eigenvalue weighted by Gasteiger charge is -2.26. The summed E-state index contributed by atoms with van der Waals surface area (Å²) >= 11 is 12.1. The molecular formula is C28H26Cl2N4O2. The monoisotopic (exact) mass is 520 g/mol. The number of amides is 2. The number of carbonyl (C=O) groups excluding carboxylic acids is 2. The van der Waals surface area contributed by atoms with Crippen LogP contribution in [0.2, 0.25) is 10.0 Å². The molecule has 1 aromatic heterocycles. The highest BCUT2D eigenvalue weighted by Gasteiger charge is 2.22. The number of nitrogens with one attached hydrogen (secondary N) is 1. The highest BCUT2D eigenvalue weighted by atomic mass is 35.5. The van der Waals surface area contributed by atoms with Gasteiger partial charge in [0.05, 0.1) is 22.2 Å². The van der Waals surface area contributed by atoms with Gasteiger partial charge in [-0.25, -0.2) is 4.68 Å². The third kappa shape index (κ3) is 6.14. The van der Waals surface area contributed by atoms with E-state index in [1.165, 1.54) is 4.90 Å². The molecule has 4 aromatic rings. The number of hydrogen-bond donors (Lipinski definition) is 1. The molecule has 0 spiro atoms. The van der Waals surface area contributed by atoms with E-state index in [9.17, 15) is 9.59 Å². The highest BCUT2D eigenvalue weighted by Crippen LogP contribution is 2.28. The van der Waals surface area contributed by atoms with Crippen molar-refractivity contribution in [2.75, 3.05) is 11.9 Å². The zero-order valence-electron chi connectivity index (χ0n) is 20.0. The maximum atomic E-state index is 13.1. The number of halogens is 2. The Kier molecular flexibility index (Phi) is 8.08. The molecule has 8 heteroatoms. The number of carbonyl (C=O) groups is 2. The summed E-state index contributed by atoms with van der Waals surface area (Å²) in [6.45, 7) is 3.64. The number of nitrogens with zero attached hydrogens (tertiary/aromatic N) is 3. The number of benzene rings is 3. The zero-order valence-corrected chi connectivity index (χ0v) is 21.5. The van der Waals surface area contributed by atoms with Crippen molar-refractivity contribution >= 4 is 40.8 Å². The molecule has 0 aliphatic carbocycles. The summed E-state index contributed by atoms with van der Waals surface area (Å²) < 4.78 is 1.73. The molecule has 6 nitrogen and oxygen atoms in total. The zero-order chi connectivity index (χ0) is 25.7. The van der Waals surface area contributed by atoms with Crippen molar-refractivity contribution in [3.63, 3.8) is 0 Å². The summed E-state index contributed by atoms with van der Waals surface area (Å²) in [6, 6.07) is 24.3. The molecule has 0 saturated heterocycles. The van der Waals surface area contributed by atoms with Crippen LogP contribution in [0.3, 0.4) is 0 Å². The minimum atomic E-state index is -0.332. The van der Waals surface area contributed by atoms with Gasteiger partial charge in [-0.2, -0.15) is 0 Å². The summed E-state index contributed by atoms with van der Waals surface area (Å²) in [5, 5.41) is 8.37. The first-order valence-corrected chi connectivity index (χ1v) is 12.3. The third-order valence-corrected chi connectivity index (χ3v) is 6.41. The first-order valence-electron chi connectivity index (χ1n) is 11.6. The molecule has 0 bridgehead atoms. The van der Waals surface area contributed by atoms with Crippen LogP contribution in [0.1, 0.15) is 19.4 Å². The number of anilines is 1. The van der Waals surface area contributed by atoms with Gasteiger partial charge in [-0.15, -0.1) is 5.10 Å². The Balaban J connectivity index is 1.54. The Hall–Kier alpha value is -3.61. The van der Waals surface area contributed by atoms with Crippen LogP contribution in [0.5, 0.6) is 0 Å². The second-order valence-electron chi connectivity index (χ2n) is 8.63. The van der Waals surface area contributed by atoms with Crippen LogP contribution in [-0.4, -0.2) is 39.1 Å². The lowest BCUT2D eigenvalue weighted by atomic mass is 10.1. The minimum absolute atomic E-state index is 0.107. The van der Waals surface area contributed by atoms with E-state index in [0.717, 1.165) is 22.4 Å². The fourth-order valence-electron chi connectivity index (χ4n) is 3.82. The van der Waals surface area contributed by atoms with Crippen molar-refractivity contribution in [2.45, 2.75) is 26.3 Å². The van der Waals surface area contributed by atoms with Gasteiger partial charge in [0.15, 0.2) is 5.82 Å². The van der Waals surface area contributed by atoms with Gasteiger partial charge < -0.3 is 10.2 Å². The molecule has 36 heavy (non-hydrogen) atoms. The lowest BCUT2D eigenvalue weighted by Crippen LogP contribution is -2.43. The van der Waals surface area contributed by atoms with Gasteiger partial charge in [0.25, 0.3) is 0 Å². The number of rotatable bonds is 8. The Bertz CT molecular complexity index is 1350. The first-order chi connectivity index (χ1) is 17.3. The van der Waals surface area contributed by atoms with Gasteiger partial charge in [-0.1, -0.05) is 77.8 Å². The quantitative estimate of drug-likeness (QED) is 0.298. The fraction of sp³-hybridized carbons (Fsp3) is 0.179. The van der Waals surface area contributed by atoms with Crippen molar-refractivity contribution in [1.82, 2.24) is 14.7 Å². The normalized spacial score (nSPS) is 10.9. The molecule has 1 N–H and O–H groups in total. The average Bonchev–Trinajstić information content (AvgIpc) is 3.29. The van der Waals surface area contributed by atoms with E-state index in [1.807, 2.05) is 80.7 Å². The van der Waals surface area contributed by atoms with Crippen LogP contribution in [0.25, 0.3) is 16.8 Å². The summed E-state index contributed by atoms with van der Waals surface area (Å²) in [5.41, 5.74) is 3.31. The van der Waals surface area contributed by atoms with Gasteiger partial charge in [0.1, 0.15) is 6.54 Å². The van der Waals surface area contributed by atoms with Crippen molar-refractivity contribution in [1.29, 1.82) is 0 Å². The Labute approximate surface area is 220 Å². The standard InChI is InChI=1S/C28H26Cl2N4O2/c1-19(2)33(27(36)16-20-13-14-24(29)25(30)15-20)18-26(35)31-28-23(21-9-5-3-6-10-21)17-34(32-28)22-11-7-4-8-12-22/h3-15,17,19H,16,18H2,1-2H3,(H,31,32,35). The van der Waals surface area contributed by atoms with Crippen molar-refractivity contribution in [2.24, 2.45) is 0 Å². The van der Waals surface area contributed by atoms with Crippen LogP contribution in [0.4, 0.5) is 5.82 Å². The maximum absolute atomic E-state index is 13.1. The largest absolute Gasteiger partial charge is 0.331 e. The molecule has 3 aromatic carbocycles. The molecule has 0 aliphatic heterocycles. The second-order valence-corrected chi connectivity index (χ2v) is 9.44. The average molecular weight is 521 g/mol. The predicted molar refractivity (Wildman–Crippen MR) is 145 cm³/mol. The van der Waals surface area contributed by atoms with Crippen LogP contribution >= 0.6 is 23.2 Å². The molecule has 0 unspecified atom stereocenters. The molecular weight excluding hydrogens is 495 g/mol. The molecule has 0 atom stereocenters. The molecule has 2 amide bonds. The first kappa shape index (κ1) is 25.5. The van der Waals surface area contributed by atoms with Crippen LogP contribution in [0, 0.1) is 0 Å². The van der Waals surface area contributed by atoms with Crippen LogP contribution in [0.15, 0.2) is 85.1 Å². The molecule has 1 heterocycles. The number of aromatic nitrogens is 2. The van der Waals surface area contributed by atoms with Crippen molar-refractivity contribution in [3.05, 3.63) is 101 Å². The molecule has 184 valence electrons. The van der Waals surface area contributed by atoms with E-state index in [2.05, 4.69) is 10.4 Å².